The van der Waals surface area contributed by atoms with Crippen LogP contribution in [0.25, 0.3) is 10.8 Å². The van der Waals surface area contributed by atoms with Gasteiger partial charge in [0.05, 0.1) is 35.6 Å². The summed E-state index contributed by atoms with van der Waals surface area (Å²) in [5.74, 6) is 0.875. The Morgan fingerprint density at radius 1 is 1.22 bits per heavy atom. The largest absolute Gasteiger partial charge is 0.389 e. The fraction of sp³-hybridized carbons (Fsp3) is 0.583. The number of halogens is 1. The maximum atomic E-state index is 12.5. The second-order valence-electron chi connectivity index (χ2n) is 10.2. The number of piperazine rings is 1. The molecule has 2 saturated heterocycles. The van der Waals surface area contributed by atoms with Crippen molar-refractivity contribution in [1.29, 1.82) is 0 Å². The fourth-order valence-corrected chi connectivity index (χ4v) is 5.81. The molecular formula is C24H29ClN4O3. The number of rotatable bonds is 4. The highest BCUT2D eigenvalue weighted by Gasteiger charge is 2.65. The quantitative estimate of drug-likeness (QED) is 0.736. The Morgan fingerprint density at radius 3 is 2.66 bits per heavy atom. The summed E-state index contributed by atoms with van der Waals surface area (Å²) < 4.78 is 5.51. The van der Waals surface area contributed by atoms with Gasteiger partial charge in [-0.05, 0) is 55.2 Å². The molecular weight excluding hydrogens is 428 g/mol. The van der Waals surface area contributed by atoms with Gasteiger partial charge in [0.25, 0.3) is 0 Å². The van der Waals surface area contributed by atoms with Gasteiger partial charge in [-0.2, -0.15) is 0 Å². The number of carbonyl (C=O) groups excluding carboxylic acids is 1. The minimum absolute atomic E-state index is 0.103. The summed E-state index contributed by atoms with van der Waals surface area (Å²) in [7, 11) is 0. The summed E-state index contributed by atoms with van der Waals surface area (Å²) in [4.78, 5) is 21.6. The number of nitrogens with one attached hydrogen (secondary N) is 1. The third-order valence-corrected chi connectivity index (χ3v) is 8.47. The van der Waals surface area contributed by atoms with Gasteiger partial charge >= 0.3 is 0 Å². The van der Waals surface area contributed by atoms with E-state index >= 15 is 0 Å². The number of benzene rings is 1. The molecule has 1 aromatic heterocycles. The van der Waals surface area contributed by atoms with E-state index in [4.69, 9.17) is 16.3 Å². The second-order valence-corrected chi connectivity index (χ2v) is 10.6. The first-order valence-electron chi connectivity index (χ1n) is 11.5. The number of aliphatic hydroxyl groups excluding tert-OH is 1. The smallest absolute Gasteiger partial charge is 0.229 e. The monoisotopic (exact) mass is 456 g/mol. The summed E-state index contributed by atoms with van der Waals surface area (Å²) in [6.45, 7) is 6.38. The van der Waals surface area contributed by atoms with E-state index in [9.17, 15) is 9.90 Å². The highest BCUT2D eigenvalue weighted by Crippen LogP contribution is 2.70. The average molecular weight is 457 g/mol. The van der Waals surface area contributed by atoms with Crippen molar-refractivity contribution in [3.05, 3.63) is 29.4 Å². The Hall–Kier alpha value is -1.93. The zero-order valence-corrected chi connectivity index (χ0v) is 19.1. The summed E-state index contributed by atoms with van der Waals surface area (Å²) >= 11 is 6.65. The molecule has 1 aromatic carbocycles. The van der Waals surface area contributed by atoms with Crippen molar-refractivity contribution >= 4 is 39.8 Å². The molecule has 7 nitrogen and oxygen atoms in total. The zero-order valence-electron chi connectivity index (χ0n) is 18.3. The molecule has 1 amide bonds. The van der Waals surface area contributed by atoms with E-state index in [-0.39, 0.29) is 17.4 Å². The summed E-state index contributed by atoms with van der Waals surface area (Å²) in [5.41, 5.74) is 1.01. The number of nitrogens with zero attached hydrogens (tertiary/aromatic N) is 3. The van der Waals surface area contributed by atoms with Crippen LogP contribution in [0.1, 0.15) is 26.2 Å². The predicted molar refractivity (Wildman–Crippen MR) is 124 cm³/mol. The van der Waals surface area contributed by atoms with Crippen LogP contribution in [-0.2, 0) is 9.53 Å². The number of carbonyl (C=O) groups is 1. The van der Waals surface area contributed by atoms with Gasteiger partial charge < -0.3 is 20.1 Å². The van der Waals surface area contributed by atoms with Crippen LogP contribution in [0.15, 0.2) is 24.4 Å². The van der Waals surface area contributed by atoms with Crippen molar-refractivity contribution in [3.8, 4) is 0 Å². The van der Waals surface area contributed by atoms with Crippen molar-refractivity contribution in [3.63, 3.8) is 0 Å². The van der Waals surface area contributed by atoms with Gasteiger partial charge in [-0.3, -0.25) is 9.69 Å². The molecule has 32 heavy (non-hydrogen) atoms. The van der Waals surface area contributed by atoms with Crippen LogP contribution < -0.4 is 10.2 Å². The topological polar surface area (TPSA) is 77.9 Å². The second kappa shape index (κ2) is 7.29. The number of amides is 1. The van der Waals surface area contributed by atoms with Crippen molar-refractivity contribution in [2.75, 3.05) is 49.6 Å². The normalized spacial score (nSPS) is 31.3. The molecule has 2 N–H and O–H groups in total. The van der Waals surface area contributed by atoms with E-state index in [0.717, 1.165) is 49.1 Å². The van der Waals surface area contributed by atoms with Gasteiger partial charge in [-0.15, -0.1) is 0 Å². The average Bonchev–Trinajstić information content (AvgIpc) is 3.70. The predicted octanol–water partition coefficient (Wildman–Crippen LogP) is 2.90. The molecule has 3 heterocycles. The number of anilines is 2. The van der Waals surface area contributed by atoms with Crippen LogP contribution in [0, 0.1) is 11.3 Å². The lowest BCUT2D eigenvalue weighted by Gasteiger charge is -2.45. The Kier molecular flexibility index (Phi) is 4.70. The van der Waals surface area contributed by atoms with Gasteiger partial charge in [0.2, 0.25) is 5.91 Å². The SMILES string of the molecule is C[C@@]1(N2CCN(c3cc4cc(NC(=O)[C@H]5CC56CC6)ncc4cc3Cl)CC2)COC[C@@H]1O. The Labute approximate surface area is 192 Å². The molecule has 8 heteroatoms. The number of ether oxygens (including phenoxy) is 1. The van der Waals surface area contributed by atoms with Crippen molar-refractivity contribution in [2.45, 2.75) is 37.8 Å². The van der Waals surface area contributed by atoms with E-state index in [2.05, 4.69) is 33.1 Å². The molecule has 0 unspecified atom stereocenters. The molecule has 1 spiro atoms. The van der Waals surface area contributed by atoms with Crippen LogP contribution in [0.4, 0.5) is 11.5 Å². The highest BCUT2D eigenvalue weighted by atomic mass is 35.5. The molecule has 2 saturated carbocycles. The molecule has 0 bridgehead atoms. The lowest BCUT2D eigenvalue weighted by molar-refractivity contribution is -0.117. The number of pyridine rings is 1. The van der Waals surface area contributed by atoms with Crippen molar-refractivity contribution in [1.82, 2.24) is 9.88 Å². The maximum Gasteiger partial charge on any atom is 0.229 e. The minimum atomic E-state index is -0.454. The lowest BCUT2D eigenvalue weighted by Crippen LogP contribution is -2.60. The van der Waals surface area contributed by atoms with Crippen LogP contribution in [0.5, 0.6) is 0 Å². The summed E-state index contributed by atoms with van der Waals surface area (Å²) in [6, 6.07) is 5.99. The van der Waals surface area contributed by atoms with Gasteiger partial charge in [0.15, 0.2) is 0 Å². The van der Waals surface area contributed by atoms with E-state index < -0.39 is 6.10 Å². The molecule has 6 rings (SSSR count). The molecule has 4 fully saturated rings. The number of hydrogen-bond donors (Lipinski definition) is 2. The Bertz CT molecular complexity index is 1080. The molecule has 3 atom stereocenters. The van der Waals surface area contributed by atoms with E-state index in [1.165, 1.54) is 12.8 Å². The number of hydrogen-bond acceptors (Lipinski definition) is 6. The third kappa shape index (κ3) is 3.37. The van der Waals surface area contributed by atoms with E-state index in [1.54, 1.807) is 6.20 Å². The molecule has 170 valence electrons. The highest BCUT2D eigenvalue weighted by molar-refractivity contribution is 6.34. The number of fused-ring (bicyclic) bond motifs is 1. The first kappa shape index (κ1) is 20.7. The first-order valence-corrected chi connectivity index (χ1v) is 11.9. The number of aromatic nitrogens is 1. The fourth-order valence-electron chi connectivity index (χ4n) is 5.52. The van der Waals surface area contributed by atoms with E-state index in [0.29, 0.717) is 29.5 Å². The van der Waals surface area contributed by atoms with Gasteiger partial charge in [-0.25, -0.2) is 4.98 Å². The van der Waals surface area contributed by atoms with Gasteiger partial charge in [-0.1, -0.05) is 11.6 Å². The summed E-state index contributed by atoms with van der Waals surface area (Å²) in [6.07, 6.45) is 4.73. The minimum Gasteiger partial charge on any atom is -0.389 e. The van der Waals surface area contributed by atoms with E-state index in [1.807, 2.05) is 12.1 Å². The van der Waals surface area contributed by atoms with Gasteiger partial charge in [0.1, 0.15) is 5.82 Å². The first-order chi connectivity index (χ1) is 15.4. The van der Waals surface area contributed by atoms with Crippen LogP contribution in [-0.4, -0.2) is 71.9 Å². The molecule has 2 aromatic rings. The Balaban J connectivity index is 1.18. The third-order valence-electron chi connectivity index (χ3n) is 8.17. The molecule has 0 radical (unpaired) electrons. The number of aliphatic hydroxyl groups is 1. The van der Waals surface area contributed by atoms with Crippen LogP contribution in [0.2, 0.25) is 5.02 Å². The summed E-state index contributed by atoms with van der Waals surface area (Å²) in [5, 5.41) is 16.1. The molecule has 2 aliphatic carbocycles. The van der Waals surface area contributed by atoms with Crippen molar-refractivity contribution in [2.24, 2.45) is 11.3 Å². The van der Waals surface area contributed by atoms with Crippen molar-refractivity contribution < 1.29 is 14.6 Å². The van der Waals surface area contributed by atoms with Crippen LogP contribution in [0.3, 0.4) is 0 Å². The standard InChI is InChI=1S/C24H29ClN4O3/c1-23(14-32-13-20(23)30)29-6-4-28(5-7-29)19-9-15-10-21(26-12-16(15)8-18(19)25)27-22(31)17-11-24(17)2-3-24/h8-10,12,17,20,30H,2-7,11,13-14H2,1H3,(H,26,27,31)/t17-,20+,23-/m1/s1. The molecule has 4 aliphatic rings. The maximum absolute atomic E-state index is 12.5. The Morgan fingerprint density at radius 2 is 2.00 bits per heavy atom. The molecule has 2 aliphatic heterocycles. The zero-order chi connectivity index (χ0) is 22.1. The van der Waals surface area contributed by atoms with Crippen LogP contribution >= 0.6 is 11.6 Å². The van der Waals surface area contributed by atoms with Gasteiger partial charge in [0, 0.05) is 43.7 Å². The lowest BCUT2D eigenvalue weighted by atomic mass is 9.95.